The molecule has 0 heterocycles. The fraction of sp³-hybridized carbons (Fsp3) is 0.462. The fourth-order valence-corrected chi connectivity index (χ4v) is 2.33. The van der Waals surface area contributed by atoms with Crippen molar-refractivity contribution in [2.45, 2.75) is 32.7 Å². The number of nitro benzene ring substituents is 1. The van der Waals surface area contributed by atoms with Crippen molar-refractivity contribution in [1.29, 1.82) is 0 Å². The Kier molecular flexibility index (Phi) is 6.09. The molecule has 0 bridgehead atoms. The van der Waals surface area contributed by atoms with Crippen molar-refractivity contribution in [2.24, 2.45) is 0 Å². The van der Waals surface area contributed by atoms with Crippen molar-refractivity contribution in [3.8, 4) is 0 Å². The largest absolute Gasteiger partial charge is 0.396 e. The first-order valence-electron chi connectivity index (χ1n) is 6.27. The Morgan fingerprint density at radius 1 is 1.55 bits per heavy atom. The molecule has 0 aliphatic heterocycles. The van der Waals surface area contributed by atoms with Crippen LogP contribution in [-0.4, -0.2) is 28.6 Å². The van der Waals surface area contributed by atoms with E-state index in [9.17, 15) is 14.9 Å². The van der Waals surface area contributed by atoms with Crippen LogP contribution in [0, 0.1) is 17.0 Å². The number of aliphatic hydroxyl groups excluding tert-OH is 1. The normalized spacial score (nSPS) is 12.0. The number of amides is 1. The van der Waals surface area contributed by atoms with Crippen LogP contribution in [0.25, 0.3) is 0 Å². The maximum Gasteiger partial charge on any atom is 0.274 e. The zero-order chi connectivity index (χ0) is 15.3. The van der Waals surface area contributed by atoms with Crippen LogP contribution >= 0.6 is 15.9 Å². The van der Waals surface area contributed by atoms with Gasteiger partial charge < -0.3 is 10.4 Å². The van der Waals surface area contributed by atoms with Gasteiger partial charge in [0.25, 0.3) is 11.6 Å². The molecule has 1 aromatic rings. The van der Waals surface area contributed by atoms with Gasteiger partial charge in [-0.15, -0.1) is 0 Å². The third kappa shape index (κ3) is 4.01. The Bertz CT molecular complexity index is 519. The van der Waals surface area contributed by atoms with Crippen molar-refractivity contribution in [2.75, 3.05) is 6.61 Å². The molecule has 1 atom stereocenters. The number of carbonyl (C=O) groups is 1. The molecule has 0 saturated heterocycles. The quantitative estimate of drug-likeness (QED) is 0.612. The van der Waals surface area contributed by atoms with Crippen LogP contribution in [0.5, 0.6) is 0 Å². The first-order chi connectivity index (χ1) is 9.40. The summed E-state index contributed by atoms with van der Waals surface area (Å²) < 4.78 is 0.482. The molecule has 1 amide bonds. The highest BCUT2D eigenvalue weighted by Crippen LogP contribution is 2.27. The number of nitrogens with one attached hydrogen (secondary N) is 1. The average molecular weight is 345 g/mol. The van der Waals surface area contributed by atoms with Gasteiger partial charge >= 0.3 is 0 Å². The second-order valence-electron chi connectivity index (χ2n) is 4.45. The van der Waals surface area contributed by atoms with E-state index in [2.05, 4.69) is 21.2 Å². The van der Waals surface area contributed by atoms with E-state index in [0.29, 0.717) is 22.9 Å². The molecule has 1 aromatic carbocycles. The minimum Gasteiger partial charge on any atom is -0.396 e. The van der Waals surface area contributed by atoms with Gasteiger partial charge in [-0.2, -0.15) is 0 Å². The third-order valence-corrected chi connectivity index (χ3v) is 3.55. The van der Waals surface area contributed by atoms with E-state index in [0.717, 1.165) is 0 Å². The van der Waals surface area contributed by atoms with E-state index in [1.165, 1.54) is 6.07 Å². The maximum absolute atomic E-state index is 12.2. The summed E-state index contributed by atoms with van der Waals surface area (Å²) >= 11 is 3.17. The number of benzene rings is 1. The Labute approximate surface area is 125 Å². The molecule has 6 nitrogen and oxygen atoms in total. The standard InChI is InChI=1S/C13H17BrN2O4/c1-3-10(4-5-17)15-13(18)11-6-9(14)7-12(8(11)2)16(19)20/h6-7,10,17H,3-5H2,1-2H3,(H,15,18). The van der Waals surface area contributed by atoms with E-state index in [-0.39, 0.29) is 29.8 Å². The predicted octanol–water partition coefficient (Wildman–Crippen LogP) is 2.56. The van der Waals surface area contributed by atoms with Crippen molar-refractivity contribution < 1.29 is 14.8 Å². The van der Waals surface area contributed by atoms with Gasteiger partial charge in [-0.3, -0.25) is 14.9 Å². The van der Waals surface area contributed by atoms with E-state index < -0.39 is 4.92 Å². The van der Waals surface area contributed by atoms with Crippen LogP contribution < -0.4 is 5.32 Å². The minimum absolute atomic E-state index is 0.0175. The summed E-state index contributed by atoms with van der Waals surface area (Å²) in [5.41, 5.74) is 0.497. The molecule has 20 heavy (non-hydrogen) atoms. The highest BCUT2D eigenvalue weighted by atomic mass is 79.9. The minimum atomic E-state index is -0.512. The average Bonchev–Trinajstić information content (AvgIpc) is 2.39. The third-order valence-electron chi connectivity index (χ3n) is 3.09. The van der Waals surface area contributed by atoms with Crippen LogP contribution in [0.15, 0.2) is 16.6 Å². The highest BCUT2D eigenvalue weighted by molar-refractivity contribution is 9.10. The van der Waals surface area contributed by atoms with Crippen LogP contribution in [-0.2, 0) is 0 Å². The summed E-state index contributed by atoms with van der Waals surface area (Å²) in [6.07, 6.45) is 1.14. The Hall–Kier alpha value is -1.47. The summed E-state index contributed by atoms with van der Waals surface area (Å²) in [5, 5.41) is 22.6. The molecule has 1 unspecified atom stereocenters. The van der Waals surface area contributed by atoms with Crippen LogP contribution in [0.2, 0.25) is 0 Å². The fourth-order valence-electron chi connectivity index (χ4n) is 1.89. The summed E-state index contributed by atoms with van der Waals surface area (Å²) in [6.45, 7) is 3.43. The van der Waals surface area contributed by atoms with E-state index in [1.54, 1.807) is 13.0 Å². The molecule has 0 aliphatic rings. The second-order valence-corrected chi connectivity index (χ2v) is 5.36. The molecule has 1 rings (SSSR count). The van der Waals surface area contributed by atoms with Gasteiger partial charge in [0, 0.05) is 28.8 Å². The monoisotopic (exact) mass is 344 g/mol. The molecule has 0 radical (unpaired) electrons. The summed E-state index contributed by atoms with van der Waals surface area (Å²) in [7, 11) is 0. The first kappa shape index (κ1) is 16.6. The van der Waals surface area contributed by atoms with E-state index in [1.807, 2.05) is 6.92 Å². The van der Waals surface area contributed by atoms with Crippen LogP contribution in [0.1, 0.15) is 35.7 Å². The van der Waals surface area contributed by atoms with Gasteiger partial charge in [0.15, 0.2) is 0 Å². The Morgan fingerprint density at radius 2 is 2.20 bits per heavy atom. The zero-order valence-corrected chi connectivity index (χ0v) is 12.9. The summed E-state index contributed by atoms with van der Waals surface area (Å²) in [5.74, 6) is -0.368. The Morgan fingerprint density at radius 3 is 2.70 bits per heavy atom. The van der Waals surface area contributed by atoms with Gasteiger partial charge in [-0.25, -0.2) is 0 Å². The van der Waals surface area contributed by atoms with Crippen molar-refractivity contribution in [3.63, 3.8) is 0 Å². The molecule has 0 aliphatic carbocycles. The van der Waals surface area contributed by atoms with Crippen molar-refractivity contribution in [3.05, 3.63) is 37.8 Å². The lowest BCUT2D eigenvalue weighted by molar-refractivity contribution is -0.385. The van der Waals surface area contributed by atoms with Gasteiger partial charge in [-0.1, -0.05) is 22.9 Å². The zero-order valence-electron chi connectivity index (χ0n) is 11.4. The number of nitro groups is 1. The van der Waals surface area contributed by atoms with Gasteiger partial charge in [0.05, 0.1) is 10.5 Å². The molecule has 0 spiro atoms. The molecular weight excluding hydrogens is 328 g/mol. The molecular formula is C13H17BrN2O4. The maximum atomic E-state index is 12.2. The van der Waals surface area contributed by atoms with Gasteiger partial charge in [0.1, 0.15) is 0 Å². The van der Waals surface area contributed by atoms with E-state index >= 15 is 0 Å². The van der Waals surface area contributed by atoms with E-state index in [4.69, 9.17) is 5.11 Å². The Balaban J connectivity index is 3.06. The number of hydrogen-bond donors (Lipinski definition) is 2. The molecule has 0 saturated carbocycles. The number of hydrogen-bond acceptors (Lipinski definition) is 4. The molecule has 0 aromatic heterocycles. The number of halogens is 1. The van der Waals surface area contributed by atoms with Crippen molar-refractivity contribution >= 4 is 27.5 Å². The predicted molar refractivity (Wildman–Crippen MR) is 78.8 cm³/mol. The first-order valence-corrected chi connectivity index (χ1v) is 7.06. The summed E-state index contributed by atoms with van der Waals surface area (Å²) in [6, 6.07) is 2.78. The smallest absolute Gasteiger partial charge is 0.274 e. The SMILES string of the molecule is CCC(CCO)NC(=O)c1cc(Br)cc([N+](=O)[O-])c1C. The highest BCUT2D eigenvalue weighted by Gasteiger charge is 2.21. The number of rotatable bonds is 6. The van der Waals surface area contributed by atoms with Gasteiger partial charge in [-0.05, 0) is 25.8 Å². The molecule has 2 N–H and O–H groups in total. The second kappa shape index (κ2) is 7.35. The molecule has 0 fully saturated rings. The molecule has 110 valence electrons. The summed E-state index contributed by atoms with van der Waals surface area (Å²) in [4.78, 5) is 22.6. The van der Waals surface area contributed by atoms with Crippen LogP contribution in [0.4, 0.5) is 5.69 Å². The lowest BCUT2D eigenvalue weighted by atomic mass is 10.0. The topological polar surface area (TPSA) is 92.5 Å². The number of nitrogens with zero attached hydrogens (tertiary/aromatic N) is 1. The lowest BCUT2D eigenvalue weighted by Crippen LogP contribution is -2.35. The molecule has 7 heteroatoms. The number of aliphatic hydroxyl groups is 1. The number of carbonyl (C=O) groups excluding carboxylic acids is 1. The van der Waals surface area contributed by atoms with Gasteiger partial charge in [0.2, 0.25) is 0 Å². The van der Waals surface area contributed by atoms with Crippen LogP contribution in [0.3, 0.4) is 0 Å². The van der Waals surface area contributed by atoms with Crippen molar-refractivity contribution in [1.82, 2.24) is 5.32 Å². The lowest BCUT2D eigenvalue weighted by Gasteiger charge is -2.16.